The highest BCUT2D eigenvalue weighted by Crippen LogP contribution is 2.19. The summed E-state index contributed by atoms with van der Waals surface area (Å²) in [5, 5.41) is 14.0. The number of aromatic nitrogens is 2. The molecule has 1 aromatic carbocycles. The lowest BCUT2D eigenvalue weighted by Crippen LogP contribution is -2.48. The van der Waals surface area contributed by atoms with Gasteiger partial charge in [-0.15, -0.1) is 0 Å². The molecule has 1 amide bonds. The summed E-state index contributed by atoms with van der Waals surface area (Å²) in [6, 6.07) is 9.19. The van der Waals surface area contributed by atoms with E-state index >= 15 is 0 Å². The molecule has 0 saturated carbocycles. The number of carboxylic acids is 1. The molecule has 0 aliphatic carbocycles. The van der Waals surface area contributed by atoms with Gasteiger partial charge < -0.3 is 10.0 Å². The number of likely N-dealkylation sites (N-methyl/N-ethyl adjacent to an activating group) is 1. The van der Waals surface area contributed by atoms with Gasteiger partial charge in [0, 0.05) is 30.4 Å². The minimum absolute atomic E-state index is 0.0408. The number of hydrogen-bond donors (Lipinski definition) is 1. The largest absolute Gasteiger partial charge is 0.480 e. The average molecular weight is 391 g/mol. The van der Waals surface area contributed by atoms with Gasteiger partial charge in [-0.3, -0.25) is 14.5 Å². The Labute approximate surface area is 163 Å². The molecule has 0 bridgehead atoms. The van der Waals surface area contributed by atoms with E-state index in [1.54, 1.807) is 34.0 Å². The Morgan fingerprint density at radius 1 is 1.30 bits per heavy atom. The van der Waals surface area contributed by atoms with Crippen LogP contribution < -0.4 is 0 Å². The smallest absolute Gasteiger partial charge is 0.317 e. The second kappa shape index (κ2) is 8.54. The van der Waals surface area contributed by atoms with Crippen LogP contribution in [0.5, 0.6) is 0 Å². The maximum absolute atomic E-state index is 12.8. The van der Waals surface area contributed by atoms with Gasteiger partial charge in [0.25, 0.3) is 5.91 Å². The fourth-order valence-corrected chi connectivity index (χ4v) is 3.65. The van der Waals surface area contributed by atoms with Crippen LogP contribution in [0.25, 0.3) is 5.69 Å². The molecule has 7 nitrogen and oxygen atoms in total. The number of rotatable bonds is 6. The summed E-state index contributed by atoms with van der Waals surface area (Å²) in [6.07, 6.45) is 3.28. The Morgan fingerprint density at radius 2 is 2.04 bits per heavy atom. The van der Waals surface area contributed by atoms with Crippen molar-refractivity contribution in [3.8, 4) is 5.69 Å². The zero-order valence-corrected chi connectivity index (χ0v) is 16.0. The lowest BCUT2D eigenvalue weighted by Gasteiger charge is -2.37. The van der Waals surface area contributed by atoms with E-state index in [0.717, 1.165) is 18.5 Å². The highest BCUT2D eigenvalue weighted by atomic mass is 35.5. The zero-order chi connectivity index (χ0) is 19.4. The molecule has 0 spiro atoms. The number of halogens is 1. The molecule has 1 saturated heterocycles. The summed E-state index contributed by atoms with van der Waals surface area (Å²) in [7, 11) is 0. The van der Waals surface area contributed by atoms with E-state index in [9.17, 15) is 9.59 Å². The van der Waals surface area contributed by atoms with Crippen LogP contribution in [0, 0.1) is 0 Å². The van der Waals surface area contributed by atoms with Crippen LogP contribution in [0.1, 0.15) is 30.3 Å². The molecule has 2 heterocycles. The van der Waals surface area contributed by atoms with Crippen LogP contribution in [0.3, 0.4) is 0 Å². The number of amides is 1. The summed E-state index contributed by atoms with van der Waals surface area (Å²) in [6.45, 7) is 3.89. The quantitative estimate of drug-likeness (QED) is 0.820. The molecule has 27 heavy (non-hydrogen) atoms. The molecule has 0 radical (unpaired) electrons. The van der Waals surface area contributed by atoms with Gasteiger partial charge in [-0.05, 0) is 43.7 Å². The predicted octanol–water partition coefficient (Wildman–Crippen LogP) is 2.54. The number of piperidine rings is 1. The van der Waals surface area contributed by atoms with Crippen molar-refractivity contribution in [1.82, 2.24) is 19.6 Å². The van der Waals surface area contributed by atoms with Gasteiger partial charge in [-0.2, -0.15) is 5.10 Å². The van der Waals surface area contributed by atoms with Crippen LogP contribution in [-0.4, -0.2) is 68.8 Å². The van der Waals surface area contributed by atoms with Crippen molar-refractivity contribution in [3.05, 3.63) is 47.2 Å². The lowest BCUT2D eigenvalue weighted by atomic mass is 10.0. The van der Waals surface area contributed by atoms with Crippen molar-refractivity contribution < 1.29 is 14.7 Å². The third kappa shape index (κ3) is 4.67. The molecule has 1 aliphatic heterocycles. The fourth-order valence-electron chi connectivity index (χ4n) is 3.47. The van der Waals surface area contributed by atoms with Gasteiger partial charge in [0.1, 0.15) is 0 Å². The van der Waals surface area contributed by atoms with Crippen molar-refractivity contribution >= 4 is 23.5 Å². The summed E-state index contributed by atoms with van der Waals surface area (Å²) in [4.78, 5) is 27.5. The molecule has 1 N–H and O–H groups in total. The molecule has 8 heteroatoms. The molecule has 1 aliphatic rings. The first-order chi connectivity index (χ1) is 13.0. The minimum atomic E-state index is -0.818. The normalized spacial score (nSPS) is 15.3. The van der Waals surface area contributed by atoms with E-state index in [1.807, 2.05) is 24.0 Å². The second-order valence-corrected chi connectivity index (χ2v) is 7.04. The molecule has 2 aromatic rings. The van der Waals surface area contributed by atoms with Crippen molar-refractivity contribution in [1.29, 1.82) is 0 Å². The molecular weight excluding hydrogens is 368 g/mol. The SMILES string of the molecule is CCN(CC(=O)O)C1CCN(C(=O)c2ccn(-c3cccc(Cl)c3)n2)CC1. The fraction of sp³-hybridized carbons (Fsp3) is 0.421. The summed E-state index contributed by atoms with van der Waals surface area (Å²) in [5.74, 6) is -0.919. The monoisotopic (exact) mass is 390 g/mol. The van der Waals surface area contributed by atoms with Gasteiger partial charge in [-0.1, -0.05) is 24.6 Å². The van der Waals surface area contributed by atoms with Crippen LogP contribution >= 0.6 is 11.6 Å². The topological polar surface area (TPSA) is 78.7 Å². The van der Waals surface area contributed by atoms with Gasteiger partial charge in [0.2, 0.25) is 0 Å². The van der Waals surface area contributed by atoms with Crippen molar-refractivity contribution in [2.45, 2.75) is 25.8 Å². The van der Waals surface area contributed by atoms with Gasteiger partial charge >= 0.3 is 5.97 Å². The average Bonchev–Trinajstić information content (AvgIpc) is 3.16. The summed E-state index contributed by atoms with van der Waals surface area (Å²) < 4.78 is 1.64. The Bertz CT molecular complexity index is 815. The molecule has 144 valence electrons. The van der Waals surface area contributed by atoms with E-state index in [-0.39, 0.29) is 18.5 Å². The first-order valence-corrected chi connectivity index (χ1v) is 9.42. The second-order valence-electron chi connectivity index (χ2n) is 6.61. The Balaban J connectivity index is 1.62. The van der Waals surface area contributed by atoms with E-state index in [4.69, 9.17) is 16.7 Å². The van der Waals surface area contributed by atoms with Gasteiger partial charge in [0.15, 0.2) is 5.69 Å². The van der Waals surface area contributed by atoms with Crippen molar-refractivity contribution in [2.75, 3.05) is 26.2 Å². The number of aliphatic carboxylic acids is 1. The Kier molecular flexibility index (Phi) is 6.13. The lowest BCUT2D eigenvalue weighted by molar-refractivity contribution is -0.139. The highest BCUT2D eigenvalue weighted by Gasteiger charge is 2.28. The first-order valence-electron chi connectivity index (χ1n) is 9.04. The molecule has 1 aromatic heterocycles. The number of carbonyl (C=O) groups excluding carboxylic acids is 1. The van der Waals surface area contributed by atoms with Crippen LogP contribution in [0.4, 0.5) is 0 Å². The van der Waals surface area contributed by atoms with E-state index in [0.29, 0.717) is 30.4 Å². The number of carboxylic acid groups (broad SMARTS) is 1. The minimum Gasteiger partial charge on any atom is -0.480 e. The molecule has 0 unspecified atom stereocenters. The summed E-state index contributed by atoms with van der Waals surface area (Å²) >= 11 is 6.01. The third-order valence-corrected chi connectivity index (χ3v) is 5.13. The third-order valence-electron chi connectivity index (χ3n) is 4.89. The van der Waals surface area contributed by atoms with Crippen molar-refractivity contribution in [3.63, 3.8) is 0 Å². The molecule has 3 rings (SSSR count). The zero-order valence-electron chi connectivity index (χ0n) is 15.2. The maximum Gasteiger partial charge on any atom is 0.317 e. The number of nitrogens with zero attached hydrogens (tertiary/aromatic N) is 4. The molecule has 0 atom stereocenters. The number of hydrogen-bond acceptors (Lipinski definition) is 4. The highest BCUT2D eigenvalue weighted by molar-refractivity contribution is 6.30. The first kappa shape index (κ1) is 19.4. The van der Waals surface area contributed by atoms with Crippen LogP contribution in [-0.2, 0) is 4.79 Å². The maximum atomic E-state index is 12.8. The molecular formula is C19H23ClN4O3. The van der Waals surface area contributed by atoms with Crippen molar-refractivity contribution in [2.24, 2.45) is 0 Å². The standard InChI is InChI=1S/C19H23ClN4O3/c1-2-22(13-18(25)26)15-6-9-23(10-7-15)19(27)17-8-11-24(21-17)16-5-3-4-14(20)12-16/h3-5,8,11-12,15H,2,6-7,9-10,13H2,1H3,(H,25,26). The van der Waals surface area contributed by atoms with Crippen LogP contribution in [0.2, 0.25) is 5.02 Å². The predicted molar refractivity (Wildman–Crippen MR) is 102 cm³/mol. The van der Waals surface area contributed by atoms with Gasteiger partial charge in [0.05, 0.1) is 12.2 Å². The Morgan fingerprint density at radius 3 is 2.67 bits per heavy atom. The summed E-state index contributed by atoms with van der Waals surface area (Å²) in [5.41, 5.74) is 1.19. The number of carbonyl (C=O) groups is 2. The number of benzene rings is 1. The van der Waals surface area contributed by atoms with Gasteiger partial charge in [-0.25, -0.2) is 4.68 Å². The molecule has 1 fully saturated rings. The van der Waals surface area contributed by atoms with E-state index < -0.39 is 5.97 Å². The number of likely N-dealkylation sites (tertiary alicyclic amines) is 1. The Hall–Kier alpha value is -2.38. The van der Waals surface area contributed by atoms with Crippen LogP contribution in [0.15, 0.2) is 36.5 Å². The van der Waals surface area contributed by atoms with E-state index in [2.05, 4.69) is 5.10 Å². The van der Waals surface area contributed by atoms with E-state index in [1.165, 1.54) is 0 Å².